The normalized spacial score (nSPS) is 19.2. The molecule has 0 amide bonds. The summed E-state index contributed by atoms with van der Waals surface area (Å²) in [7, 11) is 0. The van der Waals surface area contributed by atoms with Gasteiger partial charge in [-0.2, -0.15) is 5.26 Å². The minimum absolute atomic E-state index is 0.780. The van der Waals surface area contributed by atoms with E-state index >= 15 is 0 Å². The Balaban J connectivity index is 2.28. The molecule has 1 aromatic rings. The fourth-order valence-corrected chi connectivity index (χ4v) is 3.57. The smallest absolute Gasteiger partial charge is 0.103 e. The number of nitriles is 1. The molecule has 0 bridgehead atoms. The minimum atomic E-state index is 0.780. The van der Waals surface area contributed by atoms with Crippen molar-refractivity contribution in [3.8, 4) is 6.07 Å². The van der Waals surface area contributed by atoms with Crippen LogP contribution in [0.15, 0.2) is 23.1 Å². The van der Waals surface area contributed by atoms with Crippen molar-refractivity contribution in [1.29, 1.82) is 5.26 Å². The topological polar surface area (TPSA) is 27.0 Å². The molecule has 102 valence electrons. The molecule has 0 radical (unpaired) electrons. The molecule has 1 atom stereocenters. The average Bonchev–Trinajstić information content (AvgIpc) is 2.47. The monoisotopic (exact) mass is 274 g/mol. The first kappa shape index (κ1) is 14.3. The Morgan fingerprint density at radius 2 is 2.26 bits per heavy atom. The average molecular weight is 274 g/mol. The minimum Gasteiger partial charge on any atom is -0.370 e. The van der Waals surface area contributed by atoms with E-state index in [0.717, 1.165) is 40.9 Å². The maximum atomic E-state index is 9.49. The Morgan fingerprint density at radius 1 is 1.42 bits per heavy atom. The highest BCUT2D eigenvalue weighted by Crippen LogP contribution is 2.33. The summed E-state index contributed by atoms with van der Waals surface area (Å²) in [4.78, 5) is 3.54. The van der Waals surface area contributed by atoms with E-state index in [-0.39, 0.29) is 0 Å². The quantitative estimate of drug-likeness (QED) is 0.766. The summed E-state index contributed by atoms with van der Waals surface area (Å²) in [6, 6.07) is 8.68. The fourth-order valence-electron chi connectivity index (χ4n) is 2.79. The van der Waals surface area contributed by atoms with E-state index in [1.165, 1.54) is 19.3 Å². The van der Waals surface area contributed by atoms with Crippen LogP contribution >= 0.6 is 11.8 Å². The van der Waals surface area contributed by atoms with Gasteiger partial charge in [0.15, 0.2) is 0 Å². The van der Waals surface area contributed by atoms with Gasteiger partial charge < -0.3 is 4.90 Å². The van der Waals surface area contributed by atoms with E-state index in [9.17, 15) is 5.26 Å². The molecule has 1 saturated heterocycles. The highest BCUT2D eigenvalue weighted by atomic mass is 32.2. The Kier molecular flexibility index (Phi) is 5.15. The van der Waals surface area contributed by atoms with Crippen LogP contribution in [0.25, 0.3) is 0 Å². The van der Waals surface area contributed by atoms with Crippen molar-refractivity contribution in [2.75, 3.05) is 23.7 Å². The van der Waals surface area contributed by atoms with E-state index in [1.807, 2.05) is 0 Å². The van der Waals surface area contributed by atoms with Crippen LogP contribution in [-0.4, -0.2) is 18.8 Å². The van der Waals surface area contributed by atoms with Gasteiger partial charge in [-0.1, -0.05) is 26.3 Å². The molecule has 2 nitrogen and oxygen atoms in total. The van der Waals surface area contributed by atoms with E-state index in [0.29, 0.717) is 0 Å². The summed E-state index contributed by atoms with van der Waals surface area (Å²) in [5, 5.41) is 9.49. The third-order valence-corrected chi connectivity index (χ3v) is 4.79. The van der Waals surface area contributed by atoms with Crippen LogP contribution in [-0.2, 0) is 0 Å². The molecule has 0 aromatic heterocycles. The molecule has 0 N–H and O–H groups in total. The summed E-state index contributed by atoms with van der Waals surface area (Å²) in [6.07, 6.45) is 3.81. The third kappa shape index (κ3) is 3.25. The molecule has 1 heterocycles. The maximum Gasteiger partial charge on any atom is 0.103 e. The molecule has 3 heteroatoms. The van der Waals surface area contributed by atoms with E-state index in [4.69, 9.17) is 0 Å². The highest BCUT2D eigenvalue weighted by molar-refractivity contribution is 7.99. The van der Waals surface area contributed by atoms with Crippen LogP contribution in [0, 0.1) is 17.2 Å². The first-order chi connectivity index (χ1) is 9.30. The zero-order valence-electron chi connectivity index (χ0n) is 11.9. The Bertz CT molecular complexity index is 464. The molecule has 1 aromatic carbocycles. The molecule has 1 fully saturated rings. The molecule has 19 heavy (non-hydrogen) atoms. The maximum absolute atomic E-state index is 9.49. The lowest BCUT2D eigenvalue weighted by atomic mass is 9.95. The van der Waals surface area contributed by atoms with Gasteiger partial charge in [0.05, 0.1) is 11.3 Å². The molecular weight excluding hydrogens is 252 g/mol. The SMILES string of the molecule is CCSc1cccc(N2CCCC(CC)C2)c1C#N. The molecule has 1 aliphatic heterocycles. The molecule has 1 aliphatic rings. The van der Waals surface area contributed by atoms with Crippen LogP contribution in [0.4, 0.5) is 5.69 Å². The molecular formula is C16H22N2S. The first-order valence-electron chi connectivity index (χ1n) is 7.21. The van der Waals surface area contributed by atoms with Crippen LogP contribution in [0.3, 0.4) is 0 Å². The predicted molar refractivity (Wildman–Crippen MR) is 82.8 cm³/mol. The second-order valence-electron chi connectivity index (χ2n) is 5.06. The second-order valence-corrected chi connectivity index (χ2v) is 6.36. The highest BCUT2D eigenvalue weighted by Gasteiger charge is 2.21. The summed E-state index contributed by atoms with van der Waals surface area (Å²) >= 11 is 1.76. The Morgan fingerprint density at radius 3 is 2.95 bits per heavy atom. The Hall–Kier alpha value is -1.14. The van der Waals surface area contributed by atoms with Gasteiger partial charge in [0.25, 0.3) is 0 Å². The van der Waals surface area contributed by atoms with Crippen molar-refractivity contribution in [1.82, 2.24) is 0 Å². The summed E-state index contributed by atoms with van der Waals surface area (Å²) in [5.41, 5.74) is 2.00. The van der Waals surface area contributed by atoms with Crippen molar-refractivity contribution < 1.29 is 0 Å². The Labute approximate surface area is 120 Å². The van der Waals surface area contributed by atoms with Crippen LogP contribution in [0.1, 0.15) is 38.7 Å². The van der Waals surface area contributed by atoms with E-state index in [2.05, 4.69) is 43.0 Å². The van der Waals surface area contributed by atoms with Gasteiger partial charge in [0.1, 0.15) is 6.07 Å². The van der Waals surface area contributed by atoms with Crippen LogP contribution < -0.4 is 4.90 Å². The zero-order valence-corrected chi connectivity index (χ0v) is 12.7. The lowest BCUT2D eigenvalue weighted by Crippen LogP contribution is -2.35. The van der Waals surface area contributed by atoms with E-state index < -0.39 is 0 Å². The van der Waals surface area contributed by atoms with Crippen molar-refractivity contribution in [2.24, 2.45) is 5.92 Å². The zero-order chi connectivity index (χ0) is 13.7. The number of piperidine rings is 1. The predicted octanol–water partition coefficient (Wildman–Crippen LogP) is 4.30. The largest absolute Gasteiger partial charge is 0.370 e. The lowest BCUT2D eigenvalue weighted by molar-refractivity contribution is 0.404. The number of benzene rings is 1. The van der Waals surface area contributed by atoms with Crippen molar-refractivity contribution in [2.45, 2.75) is 38.0 Å². The standard InChI is InChI=1S/C16H22N2S/c1-3-13-7-6-10-18(12-13)15-8-5-9-16(19-4-2)14(15)11-17/h5,8-9,13H,3-4,6-7,10,12H2,1-2H3. The van der Waals surface area contributed by atoms with Gasteiger partial charge in [-0.25, -0.2) is 0 Å². The van der Waals surface area contributed by atoms with Crippen molar-refractivity contribution in [3.05, 3.63) is 23.8 Å². The number of nitrogens with zero attached hydrogens (tertiary/aromatic N) is 2. The van der Waals surface area contributed by atoms with Gasteiger partial charge in [-0.05, 0) is 36.6 Å². The van der Waals surface area contributed by atoms with Gasteiger partial charge in [-0.3, -0.25) is 0 Å². The van der Waals surface area contributed by atoms with Crippen molar-refractivity contribution >= 4 is 17.4 Å². The number of rotatable bonds is 4. The van der Waals surface area contributed by atoms with Crippen molar-refractivity contribution in [3.63, 3.8) is 0 Å². The molecule has 0 saturated carbocycles. The molecule has 2 rings (SSSR count). The number of hydrogen-bond donors (Lipinski definition) is 0. The van der Waals surface area contributed by atoms with Gasteiger partial charge in [0.2, 0.25) is 0 Å². The lowest BCUT2D eigenvalue weighted by Gasteiger charge is -2.34. The van der Waals surface area contributed by atoms with Gasteiger partial charge >= 0.3 is 0 Å². The fraction of sp³-hybridized carbons (Fsp3) is 0.562. The van der Waals surface area contributed by atoms with Gasteiger partial charge in [0, 0.05) is 18.0 Å². The second kappa shape index (κ2) is 6.86. The third-order valence-electron chi connectivity index (χ3n) is 3.85. The number of thioether (sulfide) groups is 1. The number of anilines is 1. The van der Waals surface area contributed by atoms with Crippen LogP contribution in [0.2, 0.25) is 0 Å². The molecule has 0 aliphatic carbocycles. The summed E-state index contributed by atoms with van der Waals surface area (Å²) < 4.78 is 0. The number of hydrogen-bond acceptors (Lipinski definition) is 3. The summed E-state index contributed by atoms with van der Waals surface area (Å²) in [5.74, 6) is 1.79. The molecule has 0 spiro atoms. The van der Waals surface area contributed by atoms with Crippen LogP contribution in [0.5, 0.6) is 0 Å². The van der Waals surface area contributed by atoms with Gasteiger partial charge in [-0.15, -0.1) is 11.8 Å². The first-order valence-corrected chi connectivity index (χ1v) is 8.19. The summed E-state index contributed by atoms with van der Waals surface area (Å²) in [6.45, 7) is 6.59. The molecule has 1 unspecified atom stereocenters. The van der Waals surface area contributed by atoms with E-state index in [1.54, 1.807) is 11.8 Å².